The Kier molecular flexibility index (Phi) is 6.99. The van der Waals surface area contributed by atoms with Gasteiger partial charge in [-0.05, 0) is 48.4 Å². The maximum absolute atomic E-state index is 12.6. The maximum atomic E-state index is 12.6. The molecule has 0 spiro atoms. The second-order valence-electron chi connectivity index (χ2n) is 7.70. The third-order valence-electron chi connectivity index (χ3n) is 5.32. The van der Waals surface area contributed by atoms with Gasteiger partial charge in [0, 0.05) is 30.9 Å². The zero-order chi connectivity index (χ0) is 23.0. The molecule has 7 nitrogen and oxygen atoms in total. The smallest absolute Gasteiger partial charge is 0.262 e. The number of nitrogens with one attached hydrogen (secondary N) is 2. The molecule has 168 valence electrons. The molecular formula is C26H25N3O4. The Labute approximate surface area is 192 Å². The number of nitrogens with zero attached hydrogens (tertiary/aromatic N) is 1. The van der Waals surface area contributed by atoms with Crippen molar-refractivity contribution in [3.63, 3.8) is 0 Å². The Hall–Kier alpha value is -4.13. The minimum absolute atomic E-state index is 0.117. The number of benzene rings is 3. The van der Waals surface area contributed by atoms with E-state index in [1.54, 1.807) is 41.3 Å². The van der Waals surface area contributed by atoms with Crippen LogP contribution in [0, 0.1) is 0 Å². The fourth-order valence-electron chi connectivity index (χ4n) is 3.64. The molecule has 1 heterocycles. The van der Waals surface area contributed by atoms with Crippen LogP contribution in [0.4, 0.5) is 11.4 Å². The highest BCUT2D eigenvalue weighted by Gasteiger charge is 2.21. The van der Waals surface area contributed by atoms with Gasteiger partial charge in [0.05, 0.1) is 5.56 Å². The van der Waals surface area contributed by atoms with Gasteiger partial charge in [-0.25, -0.2) is 0 Å². The highest BCUT2D eigenvalue weighted by Crippen LogP contribution is 2.23. The summed E-state index contributed by atoms with van der Waals surface area (Å²) in [6, 6.07) is 23.6. The van der Waals surface area contributed by atoms with E-state index in [-0.39, 0.29) is 24.3 Å². The van der Waals surface area contributed by atoms with Crippen LogP contribution in [0.25, 0.3) is 0 Å². The van der Waals surface area contributed by atoms with E-state index in [0.29, 0.717) is 30.0 Å². The first-order chi connectivity index (χ1) is 16.1. The second kappa shape index (κ2) is 10.5. The third-order valence-corrected chi connectivity index (χ3v) is 5.32. The summed E-state index contributed by atoms with van der Waals surface area (Å²) in [6.07, 6.45) is 1.43. The summed E-state index contributed by atoms with van der Waals surface area (Å²) < 4.78 is 5.64. The quantitative estimate of drug-likeness (QED) is 0.555. The van der Waals surface area contributed by atoms with E-state index in [1.807, 2.05) is 42.5 Å². The molecule has 2 N–H and O–H groups in total. The molecule has 1 saturated heterocycles. The Morgan fingerprint density at radius 2 is 1.64 bits per heavy atom. The van der Waals surface area contributed by atoms with Crippen molar-refractivity contribution in [2.24, 2.45) is 0 Å². The molecule has 33 heavy (non-hydrogen) atoms. The molecule has 0 saturated carbocycles. The largest absolute Gasteiger partial charge is 0.483 e. The van der Waals surface area contributed by atoms with Gasteiger partial charge in [-0.3, -0.25) is 14.4 Å². The van der Waals surface area contributed by atoms with Crippen molar-refractivity contribution in [1.82, 2.24) is 5.32 Å². The number of anilines is 2. The Bertz CT molecular complexity index is 1130. The minimum atomic E-state index is -0.348. The van der Waals surface area contributed by atoms with Gasteiger partial charge in [-0.2, -0.15) is 0 Å². The zero-order valence-electron chi connectivity index (χ0n) is 18.1. The molecule has 0 bridgehead atoms. The molecule has 3 amide bonds. The van der Waals surface area contributed by atoms with E-state index in [9.17, 15) is 14.4 Å². The van der Waals surface area contributed by atoms with Crippen LogP contribution in [0.2, 0.25) is 0 Å². The summed E-state index contributed by atoms with van der Waals surface area (Å²) in [4.78, 5) is 38.6. The minimum Gasteiger partial charge on any atom is -0.483 e. The molecule has 1 aliphatic rings. The first-order valence-corrected chi connectivity index (χ1v) is 10.8. The van der Waals surface area contributed by atoms with Gasteiger partial charge >= 0.3 is 0 Å². The van der Waals surface area contributed by atoms with E-state index >= 15 is 0 Å². The van der Waals surface area contributed by atoms with Crippen molar-refractivity contribution < 1.29 is 19.1 Å². The fourth-order valence-corrected chi connectivity index (χ4v) is 3.64. The van der Waals surface area contributed by atoms with Crippen LogP contribution in [0.5, 0.6) is 5.75 Å². The van der Waals surface area contributed by atoms with Gasteiger partial charge in [0.2, 0.25) is 5.91 Å². The molecule has 1 aliphatic heterocycles. The first kappa shape index (κ1) is 22.1. The molecule has 0 atom stereocenters. The Morgan fingerprint density at radius 1 is 0.909 bits per heavy atom. The van der Waals surface area contributed by atoms with Crippen molar-refractivity contribution in [2.45, 2.75) is 19.4 Å². The fraction of sp³-hybridized carbons (Fsp3) is 0.192. The lowest BCUT2D eigenvalue weighted by molar-refractivity contribution is -0.118. The second-order valence-corrected chi connectivity index (χ2v) is 7.70. The molecule has 3 aromatic carbocycles. The van der Waals surface area contributed by atoms with Crippen molar-refractivity contribution in [3.8, 4) is 5.75 Å². The van der Waals surface area contributed by atoms with E-state index in [2.05, 4.69) is 10.6 Å². The van der Waals surface area contributed by atoms with Gasteiger partial charge < -0.3 is 20.3 Å². The van der Waals surface area contributed by atoms with Gasteiger partial charge in [-0.15, -0.1) is 0 Å². The van der Waals surface area contributed by atoms with Crippen molar-refractivity contribution in [2.75, 3.05) is 23.4 Å². The lowest BCUT2D eigenvalue weighted by Gasteiger charge is -2.16. The number of carbonyl (C=O) groups excluding carboxylic acids is 3. The number of ether oxygens (including phenoxy) is 1. The van der Waals surface area contributed by atoms with Crippen LogP contribution < -0.4 is 20.3 Å². The number of hydrogen-bond donors (Lipinski definition) is 2. The van der Waals surface area contributed by atoms with Crippen LogP contribution >= 0.6 is 0 Å². The maximum Gasteiger partial charge on any atom is 0.262 e. The highest BCUT2D eigenvalue weighted by molar-refractivity contribution is 5.98. The summed E-state index contributed by atoms with van der Waals surface area (Å²) in [5.41, 5.74) is 2.78. The summed E-state index contributed by atoms with van der Waals surface area (Å²) in [6.45, 7) is 0.875. The highest BCUT2D eigenvalue weighted by atomic mass is 16.5. The first-order valence-electron chi connectivity index (χ1n) is 10.8. The Balaban J connectivity index is 1.31. The van der Waals surface area contributed by atoms with Crippen LogP contribution in [0.3, 0.4) is 0 Å². The Morgan fingerprint density at radius 3 is 2.36 bits per heavy atom. The molecule has 4 rings (SSSR count). The predicted octanol–water partition coefficient (Wildman–Crippen LogP) is 3.76. The van der Waals surface area contributed by atoms with Crippen LogP contribution in [0.1, 0.15) is 28.8 Å². The average Bonchev–Trinajstić information content (AvgIpc) is 3.28. The van der Waals surface area contributed by atoms with Crippen molar-refractivity contribution in [1.29, 1.82) is 0 Å². The lowest BCUT2D eigenvalue weighted by atomic mass is 10.1. The number of rotatable bonds is 8. The third kappa shape index (κ3) is 5.77. The van der Waals surface area contributed by atoms with Crippen molar-refractivity contribution >= 4 is 29.1 Å². The molecule has 7 heteroatoms. The molecule has 0 unspecified atom stereocenters. The van der Waals surface area contributed by atoms with Crippen LogP contribution in [-0.2, 0) is 16.1 Å². The number of para-hydroxylation sites is 1. The predicted molar refractivity (Wildman–Crippen MR) is 126 cm³/mol. The van der Waals surface area contributed by atoms with Crippen molar-refractivity contribution in [3.05, 3.63) is 90.0 Å². The normalized spacial score (nSPS) is 13.0. The topological polar surface area (TPSA) is 87.7 Å². The summed E-state index contributed by atoms with van der Waals surface area (Å²) in [7, 11) is 0. The van der Waals surface area contributed by atoms with E-state index in [4.69, 9.17) is 4.74 Å². The summed E-state index contributed by atoms with van der Waals surface area (Å²) >= 11 is 0. The summed E-state index contributed by atoms with van der Waals surface area (Å²) in [5, 5.41) is 5.64. The molecule has 0 radical (unpaired) electrons. The van der Waals surface area contributed by atoms with E-state index < -0.39 is 0 Å². The zero-order valence-corrected chi connectivity index (χ0v) is 18.1. The monoisotopic (exact) mass is 443 g/mol. The molecular weight excluding hydrogens is 418 g/mol. The lowest BCUT2D eigenvalue weighted by Crippen LogP contribution is -2.25. The van der Waals surface area contributed by atoms with Crippen LogP contribution in [-0.4, -0.2) is 30.9 Å². The van der Waals surface area contributed by atoms with Gasteiger partial charge in [0.25, 0.3) is 11.8 Å². The molecule has 0 aliphatic carbocycles. The van der Waals surface area contributed by atoms with Gasteiger partial charge in [0.1, 0.15) is 5.75 Å². The number of carbonyl (C=O) groups is 3. The SMILES string of the molecule is O=C(COc1ccccc1C(=O)NCc1ccccc1)Nc1ccc(N2CCCC2=O)cc1. The van der Waals surface area contributed by atoms with Gasteiger partial charge in [0.15, 0.2) is 6.61 Å². The summed E-state index contributed by atoms with van der Waals surface area (Å²) in [5.74, 6) is -0.172. The van der Waals surface area contributed by atoms with E-state index in [0.717, 1.165) is 24.2 Å². The molecule has 1 fully saturated rings. The molecule has 3 aromatic rings. The van der Waals surface area contributed by atoms with Crippen LogP contribution in [0.15, 0.2) is 78.9 Å². The van der Waals surface area contributed by atoms with Gasteiger partial charge in [-0.1, -0.05) is 42.5 Å². The standard InChI is InChI=1S/C26H25N3O4/c30-24(28-20-12-14-21(15-13-20)29-16-6-11-25(29)31)18-33-23-10-5-4-9-22(23)26(32)27-17-19-7-2-1-3-8-19/h1-5,7-10,12-15H,6,11,16-18H2,(H,27,32)(H,28,30). The number of hydrogen-bond acceptors (Lipinski definition) is 4. The average molecular weight is 444 g/mol. The molecule has 0 aromatic heterocycles. The van der Waals surface area contributed by atoms with E-state index in [1.165, 1.54) is 0 Å². The number of amides is 3.